The van der Waals surface area contributed by atoms with Crippen LogP contribution in [0.3, 0.4) is 0 Å². The van der Waals surface area contributed by atoms with Crippen molar-refractivity contribution in [1.29, 1.82) is 0 Å². The fraction of sp³-hybridized carbons (Fsp3) is 0.250. The zero-order chi connectivity index (χ0) is 16.8. The minimum atomic E-state index is -0.0295. The minimum absolute atomic E-state index is 0.0295. The first kappa shape index (κ1) is 14.7. The Labute approximate surface area is 147 Å². The molecule has 4 aliphatic carbocycles. The van der Waals surface area contributed by atoms with Crippen molar-refractivity contribution in [2.24, 2.45) is 11.8 Å². The molecule has 0 nitrogen and oxygen atoms in total. The number of benzene rings is 1. The fourth-order valence-electron chi connectivity index (χ4n) is 4.66. The van der Waals surface area contributed by atoms with E-state index in [-0.39, 0.29) is 17.7 Å². The molecule has 0 saturated carbocycles. The SMILES string of the molecule is FC1=C2C=CCCC2C(C2=CCC3C=C=C=CC3=C2)c2ccccc21. The van der Waals surface area contributed by atoms with Crippen LogP contribution in [0.5, 0.6) is 0 Å². The number of rotatable bonds is 1. The second-order valence-electron chi connectivity index (χ2n) is 7.21. The Bertz CT molecular complexity index is 969. The first-order chi connectivity index (χ1) is 12.3. The predicted octanol–water partition coefficient (Wildman–Crippen LogP) is 6.18. The van der Waals surface area contributed by atoms with E-state index in [9.17, 15) is 0 Å². The second-order valence-corrected chi connectivity index (χ2v) is 7.21. The van der Waals surface area contributed by atoms with Crippen LogP contribution >= 0.6 is 0 Å². The van der Waals surface area contributed by atoms with E-state index in [1.54, 1.807) is 0 Å². The average molecular weight is 326 g/mol. The lowest BCUT2D eigenvalue weighted by Gasteiger charge is -2.38. The summed E-state index contributed by atoms with van der Waals surface area (Å²) in [5.74, 6) is 0.866. The molecule has 0 fully saturated rings. The van der Waals surface area contributed by atoms with Crippen molar-refractivity contribution in [3.05, 3.63) is 100 Å². The maximum atomic E-state index is 15.1. The van der Waals surface area contributed by atoms with Gasteiger partial charge < -0.3 is 0 Å². The highest BCUT2D eigenvalue weighted by Crippen LogP contribution is 2.51. The van der Waals surface area contributed by atoms with Gasteiger partial charge in [0.2, 0.25) is 0 Å². The van der Waals surface area contributed by atoms with Crippen LogP contribution in [0.1, 0.15) is 36.3 Å². The molecule has 3 atom stereocenters. The fourth-order valence-corrected chi connectivity index (χ4v) is 4.66. The van der Waals surface area contributed by atoms with Gasteiger partial charge in [0, 0.05) is 17.4 Å². The molecule has 25 heavy (non-hydrogen) atoms. The maximum Gasteiger partial charge on any atom is 0.134 e. The van der Waals surface area contributed by atoms with E-state index in [0.717, 1.165) is 36.0 Å². The zero-order valence-electron chi connectivity index (χ0n) is 14.0. The minimum Gasteiger partial charge on any atom is -0.206 e. The van der Waals surface area contributed by atoms with Crippen LogP contribution in [0.4, 0.5) is 4.39 Å². The van der Waals surface area contributed by atoms with Crippen molar-refractivity contribution in [1.82, 2.24) is 0 Å². The second kappa shape index (κ2) is 5.74. The lowest BCUT2D eigenvalue weighted by Crippen LogP contribution is -2.24. The van der Waals surface area contributed by atoms with Crippen LogP contribution < -0.4 is 0 Å². The largest absolute Gasteiger partial charge is 0.206 e. The highest BCUT2D eigenvalue weighted by atomic mass is 19.1. The molecule has 3 unspecified atom stereocenters. The Morgan fingerprint density at radius 2 is 2.00 bits per heavy atom. The highest BCUT2D eigenvalue weighted by Gasteiger charge is 2.37. The van der Waals surface area contributed by atoms with Crippen LogP contribution in [0.25, 0.3) is 5.83 Å². The van der Waals surface area contributed by atoms with Gasteiger partial charge in [-0.3, -0.25) is 0 Å². The van der Waals surface area contributed by atoms with Gasteiger partial charge in [-0.15, -0.1) is 0 Å². The van der Waals surface area contributed by atoms with E-state index in [2.05, 4.69) is 41.8 Å². The molecule has 0 aliphatic heterocycles. The normalized spacial score (nSPS) is 28.9. The Morgan fingerprint density at radius 1 is 1.08 bits per heavy atom. The molecular weight excluding hydrogens is 307 g/mol. The van der Waals surface area contributed by atoms with Gasteiger partial charge in [0.25, 0.3) is 0 Å². The molecule has 1 aromatic rings. The molecule has 1 aromatic carbocycles. The monoisotopic (exact) mass is 326 g/mol. The molecule has 0 amide bonds. The molecule has 0 bridgehead atoms. The Kier molecular flexibility index (Phi) is 3.38. The van der Waals surface area contributed by atoms with Crippen LogP contribution in [-0.4, -0.2) is 0 Å². The molecule has 0 saturated heterocycles. The van der Waals surface area contributed by atoms with Crippen molar-refractivity contribution >= 4 is 5.83 Å². The van der Waals surface area contributed by atoms with Crippen LogP contribution in [0.2, 0.25) is 0 Å². The highest BCUT2D eigenvalue weighted by molar-refractivity contribution is 5.73. The molecule has 0 heterocycles. The quantitative estimate of drug-likeness (QED) is 0.540. The smallest absolute Gasteiger partial charge is 0.134 e. The Morgan fingerprint density at radius 3 is 2.96 bits per heavy atom. The van der Waals surface area contributed by atoms with E-state index in [1.165, 1.54) is 11.1 Å². The number of allylic oxidation sites excluding steroid dienone is 9. The van der Waals surface area contributed by atoms with E-state index < -0.39 is 0 Å². The molecule has 5 rings (SSSR count). The van der Waals surface area contributed by atoms with Gasteiger partial charge in [-0.2, -0.15) is 0 Å². The molecule has 0 aromatic heterocycles. The first-order valence-corrected chi connectivity index (χ1v) is 9.07. The standard InChI is InChI=1S/C24H19F/c25-24-21-11-5-3-9-19(21)23(20-10-4-6-12-22(20)24)18-14-13-16-7-1-2-8-17(16)15-18/h3,5-9,11-12,14-16,20,23H,4,10,13H2. The van der Waals surface area contributed by atoms with Crippen LogP contribution in [0.15, 0.2) is 88.9 Å². The summed E-state index contributed by atoms with van der Waals surface area (Å²) >= 11 is 0. The topological polar surface area (TPSA) is 0 Å². The Balaban J connectivity index is 1.66. The summed E-state index contributed by atoms with van der Waals surface area (Å²) in [6, 6.07) is 8.01. The van der Waals surface area contributed by atoms with Gasteiger partial charge in [0.1, 0.15) is 5.83 Å². The summed E-state index contributed by atoms with van der Waals surface area (Å²) < 4.78 is 15.1. The van der Waals surface area contributed by atoms with Gasteiger partial charge >= 0.3 is 0 Å². The van der Waals surface area contributed by atoms with Crippen molar-refractivity contribution in [2.45, 2.75) is 25.2 Å². The van der Waals surface area contributed by atoms with Gasteiger partial charge in [0.05, 0.1) is 0 Å². The third-order valence-corrected chi connectivity index (χ3v) is 5.86. The number of hydrogen-bond acceptors (Lipinski definition) is 0. The molecule has 0 radical (unpaired) electrons. The molecule has 4 aliphatic rings. The summed E-state index contributed by atoms with van der Waals surface area (Å²) in [5.41, 5.74) is 11.6. The number of fused-ring (bicyclic) bond motifs is 3. The van der Waals surface area contributed by atoms with Crippen molar-refractivity contribution < 1.29 is 4.39 Å². The Hall–Kier alpha value is -2.59. The molecular formula is C24H19F. The van der Waals surface area contributed by atoms with Crippen LogP contribution in [-0.2, 0) is 0 Å². The van der Waals surface area contributed by atoms with E-state index in [4.69, 9.17) is 0 Å². The van der Waals surface area contributed by atoms with E-state index in [1.807, 2.05) is 30.4 Å². The maximum absolute atomic E-state index is 15.1. The number of halogens is 1. The first-order valence-electron chi connectivity index (χ1n) is 9.07. The van der Waals surface area contributed by atoms with E-state index >= 15 is 4.39 Å². The molecule has 122 valence electrons. The van der Waals surface area contributed by atoms with Gasteiger partial charge in [-0.05, 0) is 59.6 Å². The molecule has 1 heteroatoms. The van der Waals surface area contributed by atoms with Gasteiger partial charge in [0.15, 0.2) is 0 Å². The summed E-state index contributed by atoms with van der Waals surface area (Å²) in [5, 5.41) is 0. The van der Waals surface area contributed by atoms with Crippen molar-refractivity contribution in [3.63, 3.8) is 0 Å². The summed E-state index contributed by atoms with van der Waals surface area (Å²) in [7, 11) is 0. The third-order valence-electron chi connectivity index (χ3n) is 5.86. The van der Waals surface area contributed by atoms with E-state index in [0.29, 0.717) is 5.92 Å². The van der Waals surface area contributed by atoms with Crippen molar-refractivity contribution in [2.75, 3.05) is 0 Å². The predicted molar refractivity (Wildman–Crippen MR) is 99.5 cm³/mol. The lowest BCUT2D eigenvalue weighted by atomic mass is 9.66. The van der Waals surface area contributed by atoms with Gasteiger partial charge in [-0.1, -0.05) is 60.0 Å². The zero-order valence-corrected chi connectivity index (χ0v) is 14.0. The molecule has 0 spiro atoms. The molecule has 0 N–H and O–H groups in total. The summed E-state index contributed by atoms with van der Waals surface area (Å²) in [6.45, 7) is 0. The lowest BCUT2D eigenvalue weighted by molar-refractivity contribution is 0.480. The summed E-state index contributed by atoms with van der Waals surface area (Å²) in [6.07, 6.45) is 16.0. The average Bonchev–Trinajstić information content (AvgIpc) is 2.68. The summed E-state index contributed by atoms with van der Waals surface area (Å²) in [4.78, 5) is 0. The number of hydrogen-bond donors (Lipinski definition) is 0. The third kappa shape index (κ3) is 2.29. The van der Waals surface area contributed by atoms with Gasteiger partial charge in [-0.25, -0.2) is 4.39 Å². The van der Waals surface area contributed by atoms with Crippen molar-refractivity contribution in [3.8, 4) is 0 Å². The van der Waals surface area contributed by atoms with Crippen LogP contribution in [0, 0.1) is 11.8 Å².